The van der Waals surface area contributed by atoms with E-state index in [0.717, 1.165) is 0 Å². The highest BCUT2D eigenvalue weighted by Gasteiger charge is 2.38. The lowest BCUT2D eigenvalue weighted by Gasteiger charge is -2.31. The molecule has 0 aromatic carbocycles. The van der Waals surface area contributed by atoms with Crippen LogP contribution in [0.4, 0.5) is 4.79 Å². The molecule has 0 aromatic rings. The smallest absolute Gasteiger partial charge is 0.408 e. The molecule has 1 saturated heterocycles. The standard InChI is InChI=1S/C12H23NO4/c1-9(14)7-12(5-6-16-8-12)13-10(15)17-11(2,3)4/h9,14H,5-8H2,1-4H3,(H,13,15). The van der Waals surface area contributed by atoms with Crippen molar-refractivity contribution in [3.05, 3.63) is 0 Å². The summed E-state index contributed by atoms with van der Waals surface area (Å²) in [5, 5.41) is 12.3. The summed E-state index contributed by atoms with van der Waals surface area (Å²) in [6.45, 7) is 8.19. The summed E-state index contributed by atoms with van der Waals surface area (Å²) in [6.07, 6.45) is 0.249. The molecule has 1 heterocycles. The number of alkyl carbamates (subject to hydrolysis) is 1. The Morgan fingerprint density at radius 3 is 2.65 bits per heavy atom. The molecule has 1 amide bonds. The molecule has 1 aliphatic heterocycles. The van der Waals surface area contributed by atoms with Gasteiger partial charge in [0, 0.05) is 6.61 Å². The number of nitrogens with one attached hydrogen (secondary N) is 1. The van der Waals surface area contributed by atoms with Crippen LogP contribution >= 0.6 is 0 Å². The van der Waals surface area contributed by atoms with Crippen molar-refractivity contribution in [2.75, 3.05) is 13.2 Å². The number of ether oxygens (including phenoxy) is 2. The van der Waals surface area contributed by atoms with Crippen LogP contribution < -0.4 is 5.32 Å². The fourth-order valence-corrected chi connectivity index (χ4v) is 2.00. The summed E-state index contributed by atoms with van der Waals surface area (Å²) in [6, 6.07) is 0. The number of rotatable bonds is 3. The van der Waals surface area contributed by atoms with Gasteiger partial charge in [-0.05, 0) is 40.5 Å². The molecule has 0 saturated carbocycles. The van der Waals surface area contributed by atoms with E-state index in [1.807, 2.05) is 20.8 Å². The maximum atomic E-state index is 11.7. The number of hydrogen-bond donors (Lipinski definition) is 2. The zero-order valence-corrected chi connectivity index (χ0v) is 11.1. The van der Waals surface area contributed by atoms with Crippen LogP contribution in [0.3, 0.4) is 0 Å². The largest absolute Gasteiger partial charge is 0.444 e. The molecule has 100 valence electrons. The van der Waals surface area contributed by atoms with Gasteiger partial charge in [0.1, 0.15) is 5.60 Å². The highest BCUT2D eigenvalue weighted by molar-refractivity contribution is 5.68. The van der Waals surface area contributed by atoms with Crippen molar-refractivity contribution in [3.63, 3.8) is 0 Å². The van der Waals surface area contributed by atoms with Gasteiger partial charge in [0.05, 0.1) is 18.2 Å². The minimum absolute atomic E-state index is 0.428. The Bertz CT molecular complexity index is 264. The zero-order valence-electron chi connectivity index (χ0n) is 11.1. The van der Waals surface area contributed by atoms with Gasteiger partial charge >= 0.3 is 6.09 Å². The number of aliphatic hydroxyl groups is 1. The maximum Gasteiger partial charge on any atom is 0.408 e. The molecule has 5 heteroatoms. The van der Waals surface area contributed by atoms with Crippen molar-refractivity contribution in [2.45, 2.75) is 57.8 Å². The Morgan fingerprint density at radius 2 is 2.24 bits per heavy atom. The lowest BCUT2D eigenvalue weighted by atomic mass is 9.92. The average molecular weight is 245 g/mol. The Labute approximate surface area is 102 Å². The van der Waals surface area contributed by atoms with Crippen molar-refractivity contribution >= 4 is 6.09 Å². The van der Waals surface area contributed by atoms with Gasteiger partial charge in [0.25, 0.3) is 0 Å². The average Bonchev–Trinajstić information content (AvgIpc) is 2.47. The van der Waals surface area contributed by atoms with Crippen LogP contribution in [-0.4, -0.2) is 41.7 Å². The first-order valence-corrected chi connectivity index (χ1v) is 5.99. The van der Waals surface area contributed by atoms with E-state index in [-0.39, 0.29) is 0 Å². The van der Waals surface area contributed by atoms with Crippen LogP contribution in [0.2, 0.25) is 0 Å². The molecule has 5 nitrogen and oxygen atoms in total. The van der Waals surface area contributed by atoms with Gasteiger partial charge in [0.15, 0.2) is 0 Å². The monoisotopic (exact) mass is 245 g/mol. The molecule has 1 rings (SSSR count). The van der Waals surface area contributed by atoms with E-state index in [1.165, 1.54) is 0 Å². The summed E-state index contributed by atoms with van der Waals surface area (Å²) in [5.74, 6) is 0. The molecule has 2 atom stereocenters. The number of hydrogen-bond acceptors (Lipinski definition) is 4. The molecule has 0 bridgehead atoms. The second-order valence-electron chi connectivity index (χ2n) is 5.76. The summed E-state index contributed by atoms with van der Waals surface area (Å²) >= 11 is 0. The number of aliphatic hydroxyl groups excluding tert-OH is 1. The molecule has 0 spiro atoms. The molecule has 0 aliphatic carbocycles. The molecule has 1 fully saturated rings. The van der Waals surface area contributed by atoms with Crippen molar-refractivity contribution in [1.29, 1.82) is 0 Å². The first-order chi connectivity index (χ1) is 7.72. The van der Waals surface area contributed by atoms with Crippen LogP contribution in [0.15, 0.2) is 0 Å². The Kier molecular flexibility index (Phi) is 4.38. The van der Waals surface area contributed by atoms with Crippen LogP contribution in [-0.2, 0) is 9.47 Å². The minimum atomic E-state index is -0.518. The molecule has 2 unspecified atom stereocenters. The van der Waals surface area contributed by atoms with Gasteiger partial charge < -0.3 is 19.9 Å². The second-order valence-corrected chi connectivity index (χ2v) is 5.76. The summed E-state index contributed by atoms with van der Waals surface area (Å²) < 4.78 is 10.5. The third kappa shape index (κ3) is 4.91. The Hall–Kier alpha value is -0.810. The summed E-state index contributed by atoms with van der Waals surface area (Å²) in [5.41, 5.74) is -1.01. The van der Waals surface area contributed by atoms with Gasteiger partial charge in [-0.3, -0.25) is 0 Å². The highest BCUT2D eigenvalue weighted by atomic mass is 16.6. The summed E-state index contributed by atoms with van der Waals surface area (Å²) in [4.78, 5) is 11.7. The Balaban J connectivity index is 2.58. The molecule has 1 aliphatic rings. The lowest BCUT2D eigenvalue weighted by Crippen LogP contribution is -2.52. The van der Waals surface area contributed by atoms with Crippen LogP contribution in [0.25, 0.3) is 0 Å². The van der Waals surface area contributed by atoms with Crippen LogP contribution in [0.1, 0.15) is 40.5 Å². The van der Waals surface area contributed by atoms with Crippen molar-refractivity contribution in [1.82, 2.24) is 5.32 Å². The second kappa shape index (κ2) is 5.23. The van der Waals surface area contributed by atoms with E-state index >= 15 is 0 Å². The van der Waals surface area contributed by atoms with Crippen molar-refractivity contribution in [2.24, 2.45) is 0 Å². The summed E-state index contributed by atoms with van der Waals surface area (Å²) in [7, 11) is 0. The predicted molar refractivity (Wildman–Crippen MR) is 63.8 cm³/mol. The minimum Gasteiger partial charge on any atom is -0.444 e. The van der Waals surface area contributed by atoms with Gasteiger partial charge in [-0.15, -0.1) is 0 Å². The quantitative estimate of drug-likeness (QED) is 0.789. The highest BCUT2D eigenvalue weighted by Crippen LogP contribution is 2.25. The number of amides is 1. The fourth-order valence-electron chi connectivity index (χ4n) is 2.00. The lowest BCUT2D eigenvalue weighted by molar-refractivity contribution is 0.0388. The van der Waals surface area contributed by atoms with Crippen LogP contribution in [0.5, 0.6) is 0 Å². The molecular formula is C12H23NO4. The van der Waals surface area contributed by atoms with E-state index < -0.39 is 23.3 Å². The van der Waals surface area contributed by atoms with Gasteiger partial charge in [-0.25, -0.2) is 4.79 Å². The SMILES string of the molecule is CC(O)CC1(NC(=O)OC(C)(C)C)CCOC1. The molecule has 17 heavy (non-hydrogen) atoms. The normalized spacial score (nSPS) is 26.6. The Morgan fingerprint density at radius 1 is 1.59 bits per heavy atom. The number of carbonyl (C=O) groups is 1. The third-order valence-electron chi connectivity index (χ3n) is 2.56. The van der Waals surface area contributed by atoms with E-state index in [9.17, 15) is 9.90 Å². The van der Waals surface area contributed by atoms with Gasteiger partial charge in [0.2, 0.25) is 0 Å². The molecule has 0 aromatic heterocycles. The molecule has 0 radical (unpaired) electrons. The van der Waals surface area contributed by atoms with E-state index in [1.54, 1.807) is 6.92 Å². The first-order valence-electron chi connectivity index (χ1n) is 5.99. The van der Waals surface area contributed by atoms with E-state index in [4.69, 9.17) is 9.47 Å². The first kappa shape index (κ1) is 14.3. The van der Waals surface area contributed by atoms with Gasteiger partial charge in [-0.2, -0.15) is 0 Å². The van der Waals surface area contributed by atoms with Gasteiger partial charge in [-0.1, -0.05) is 0 Å². The fraction of sp³-hybridized carbons (Fsp3) is 0.917. The molecule has 2 N–H and O–H groups in total. The van der Waals surface area contributed by atoms with Crippen molar-refractivity contribution < 1.29 is 19.4 Å². The predicted octanol–water partition coefficient (Wildman–Crippen LogP) is 1.44. The third-order valence-corrected chi connectivity index (χ3v) is 2.56. The maximum absolute atomic E-state index is 11.7. The topological polar surface area (TPSA) is 67.8 Å². The molecular weight excluding hydrogens is 222 g/mol. The van der Waals surface area contributed by atoms with E-state index in [0.29, 0.717) is 26.1 Å². The van der Waals surface area contributed by atoms with Crippen LogP contribution in [0, 0.1) is 0 Å². The number of carbonyl (C=O) groups excluding carboxylic acids is 1. The van der Waals surface area contributed by atoms with Crippen molar-refractivity contribution in [3.8, 4) is 0 Å². The zero-order chi connectivity index (χ0) is 13.1. The van der Waals surface area contributed by atoms with E-state index in [2.05, 4.69) is 5.32 Å².